The van der Waals surface area contributed by atoms with Crippen LogP contribution in [-0.4, -0.2) is 69.3 Å². The molecular formula is C27H41N4O4+. The zero-order chi connectivity index (χ0) is 24.3. The van der Waals surface area contributed by atoms with E-state index in [1.165, 1.54) is 12.8 Å². The molecule has 1 atom stereocenters. The van der Waals surface area contributed by atoms with Gasteiger partial charge in [-0.25, -0.2) is 14.8 Å². The van der Waals surface area contributed by atoms with Gasteiger partial charge in [0.05, 0.1) is 13.1 Å². The molecule has 5 fully saturated rings. The Bertz CT molecular complexity index is 856. The molecule has 3 aliphatic heterocycles. The molecular weight excluding hydrogens is 444 g/mol. The fourth-order valence-electron chi connectivity index (χ4n) is 7.39. The van der Waals surface area contributed by atoms with Crippen molar-refractivity contribution < 1.29 is 23.9 Å². The van der Waals surface area contributed by atoms with Crippen molar-refractivity contribution in [1.82, 2.24) is 9.97 Å². The molecule has 6 rings (SSSR count). The monoisotopic (exact) mass is 485 g/mol. The lowest BCUT2D eigenvalue weighted by atomic mass is 9.66. The highest BCUT2D eigenvalue weighted by Gasteiger charge is 2.54. The first-order chi connectivity index (χ1) is 17.0. The summed E-state index contributed by atoms with van der Waals surface area (Å²) in [5, 5.41) is 14.9. The quantitative estimate of drug-likeness (QED) is 0.453. The SMILES string of the molecule is O=C(C[N+]12CCC(CC1)[C@@H](OC(=O)C(O)(C1CCCCC1)C1CCCCC1)C2)Nc1ncccn1. The fourth-order valence-corrected chi connectivity index (χ4v) is 7.39. The Balaban J connectivity index is 1.27. The van der Waals surface area contributed by atoms with Gasteiger partial charge < -0.3 is 14.3 Å². The maximum atomic E-state index is 13.8. The Kier molecular flexibility index (Phi) is 7.39. The summed E-state index contributed by atoms with van der Waals surface area (Å²) in [6.07, 6.45) is 15.2. The number of ether oxygens (including phenoxy) is 1. The van der Waals surface area contributed by atoms with Gasteiger partial charge in [-0.2, -0.15) is 0 Å². The highest BCUT2D eigenvalue weighted by atomic mass is 16.6. The summed E-state index contributed by atoms with van der Waals surface area (Å²) in [4.78, 5) is 34.8. The molecule has 2 bridgehead atoms. The number of rotatable bonds is 7. The number of quaternary nitrogens is 1. The van der Waals surface area contributed by atoms with Gasteiger partial charge >= 0.3 is 5.97 Å². The van der Waals surface area contributed by atoms with E-state index in [0.717, 1.165) is 77.3 Å². The van der Waals surface area contributed by atoms with E-state index in [1.54, 1.807) is 18.5 Å². The zero-order valence-electron chi connectivity index (χ0n) is 20.9. The second-order valence-electron chi connectivity index (χ2n) is 11.5. The summed E-state index contributed by atoms with van der Waals surface area (Å²) in [5.74, 6) is 0.162. The van der Waals surface area contributed by atoms with Crippen LogP contribution >= 0.6 is 0 Å². The molecule has 0 radical (unpaired) electrons. The maximum Gasteiger partial charge on any atom is 0.339 e. The minimum absolute atomic E-state index is 0.00716. The third kappa shape index (κ3) is 5.24. The molecule has 8 nitrogen and oxygen atoms in total. The van der Waals surface area contributed by atoms with Crippen molar-refractivity contribution in [3.8, 4) is 0 Å². The summed E-state index contributed by atoms with van der Waals surface area (Å²) < 4.78 is 6.88. The number of nitrogens with one attached hydrogen (secondary N) is 1. The van der Waals surface area contributed by atoms with Gasteiger partial charge in [0.2, 0.25) is 5.95 Å². The Morgan fingerprint density at radius 1 is 0.943 bits per heavy atom. The number of amides is 1. The first-order valence-corrected chi connectivity index (χ1v) is 13.8. The van der Waals surface area contributed by atoms with E-state index in [4.69, 9.17) is 4.74 Å². The van der Waals surface area contributed by atoms with E-state index in [-0.39, 0.29) is 29.8 Å². The molecule has 1 amide bonds. The lowest BCUT2D eigenvalue weighted by molar-refractivity contribution is -0.939. The largest absolute Gasteiger partial charge is 0.454 e. The second kappa shape index (κ2) is 10.5. The van der Waals surface area contributed by atoms with Gasteiger partial charge in [0.25, 0.3) is 5.91 Å². The smallest absolute Gasteiger partial charge is 0.339 e. The molecule has 2 saturated carbocycles. The summed E-state index contributed by atoms with van der Waals surface area (Å²) in [6, 6.07) is 1.72. The van der Waals surface area contributed by atoms with Crippen molar-refractivity contribution in [2.75, 3.05) is 31.5 Å². The van der Waals surface area contributed by atoms with Gasteiger partial charge in [0.1, 0.15) is 6.54 Å². The van der Waals surface area contributed by atoms with Gasteiger partial charge in [0, 0.05) is 31.2 Å². The van der Waals surface area contributed by atoms with E-state index >= 15 is 0 Å². The van der Waals surface area contributed by atoms with E-state index in [0.29, 0.717) is 29.4 Å². The van der Waals surface area contributed by atoms with Crippen LogP contribution in [0.4, 0.5) is 5.95 Å². The van der Waals surface area contributed by atoms with Crippen molar-refractivity contribution in [2.45, 2.75) is 88.8 Å². The lowest BCUT2D eigenvalue weighted by Gasteiger charge is -2.52. The number of aliphatic hydroxyl groups is 1. The summed E-state index contributed by atoms with van der Waals surface area (Å²) in [7, 11) is 0. The predicted octanol–water partition coefficient (Wildman–Crippen LogP) is 3.46. The average molecular weight is 486 g/mol. The maximum absolute atomic E-state index is 13.8. The molecule has 2 N–H and O–H groups in total. The highest BCUT2D eigenvalue weighted by Crippen LogP contribution is 2.45. The van der Waals surface area contributed by atoms with Crippen LogP contribution in [0, 0.1) is 17.8 Å². The highest BCUT2D eigenvalue weighted by molar-refractivity contribution is 5.89. The van der Waals surface area contributed by atoms with Crippen molar-refractivity contribution in [3.63, 3.8) is 0 Å². The number of carbonyl (C=O) groups excluding carboxylic acids is 2. The molecule has 0 aromatic carbocycles. The third-order valence-electron chi connectivity index (χ3n) is 9.38. The summed E-state index contributed by atoms with van der Waals surface area (Å²) in [5.41, 5.74) is -1.36. The van der Waals surface area contributed by atoms with Crippen LogP contribution in [0.15, 0.2) is 18.5 Å². The minimum Gasteiger partial charge on any atom is -0.454 e. The van der Waals surface area contributed by atoms with Crippen LogP contribution in [0.1, 0.15) is 77.0 Å². The molecule has 35 heavy (non-hydrogen) atoms. The molecule has 3 saturated heterocycles. The second-order valence-corrected chi connectivity index (χ2v) is 11.5. The first-order valence-electron chi connectivity index (χ1n) is 13.8. The van der Waals surface area contributed by atoms with Gasteiger partial charge in [0.15, 0.2) is 18.2 Å². The Morgan fingerprint density at radius 2 is 1.51 bits per heavy atom. The number of fused-ring (bicyclic) bond motifs is 3. The number of piperidine rings is 3. The number of nitrogens with zero attached hydrogens (tertiary/aromatic N) is 3. The standard InChI is InChI=1S/C27H40N4O4/c32-24(30-26-28-14-7-15-29-26)19-31-16-12-20(13-17-31)23(18-31)35-25(33)27(34,21-8-3-1-4-9-21)22-10-5-2-6-11-22/h7,14-15,20-23,34H,1-6,8-13,16-19H2/p+1/t20?,23-,31?/m0/s1. The number of carbonyl (C=O) groups is 2. The van der Waals surface area contributed by atoms with E-state index in [2.05, 4.69) is 15.3 Å². The molecule has 0 spiro atoms. The Labute approximate surface area is 208 Å². The van der Waals surface area contributed by atoms with Gasteiger partial charge in [-0.1, -0.05) is 38.5 Å². The third-order valence-corrected chi connectivity index (χ3v) is 9.38. The number of anilines is 1. The van der Waals surface area contributed by atoms with E-state index < -0.39 is 5.60 Å². The molecule has 8 heteroatoms. The molecule has 4 heterocycles. The van der Waals surface area contributed by atoms with E-state index in [9.17, 15) is 14.7 Å². The summed E-state index contributed by atoms with van der Waals surface area (Å²) >= 11 is 0. The topological polar surface area (TPSA) is 101 Å². The molecule has 5 aliphatic rings. The Hall–Kier alpha value is -2.06. The van der Waals surface area contributed by atoms with Crippen LogP contribution in [0.2, 0.25) is 0 Å². The van der Waals surface area contributed by atoms with Gasteiger partial charge in [-0.05, 0) is 43.6 Å². The average Bonchev–Trinajstić information content (AvgIpc) is 2.90. The lowest BCUT2D eigenvalue weighted by Crippen LogP contribution is -2.67. The number of esters is 1. The molecule has 0 unspecified atom stereocenters. The molecule has 192 valence electrons. The summed E-state index contributed by atoms with van der Waals surface area (Å²) in [6.45, 7) is 2.80. The molecule has 2 aliphatic carbocycles. The van der Waals surface area contributed by atoms with Crippen molar-refractivity contribution in [3.05, 3.63) is 18.5 Å². The normalized spacial score (nSPS) is 30.1. The molecule has 1 aromatic heterocycles. The van der Waals surface area contributed by atoms with Crippen molar-refractivity contribution in [2.24, 2.45) is 17.8 Å². The Morgan fingerprint density at radius 3 is 2.09 bits per heavy atom. The van der Waals surface area contributed by atoms with Gasteiger partial charge in [-0.3, -0.25) is 10.1 Å². The number of aromatic nitrogens is 2. The van der Waals surface area contributed by atoms with Gasteiger partial charge in [-0.15, -0.1) is 0 Å². The number of hydrogen-bond donors (Lipinski definition) is 2. The fraction of sp³-hybridized carbons (Fsp3) is 0.778. The van der Waals surface area contributed by atoms with Crippen LogP contribution in [-0.2, 0) is 14.3 Å². The van der Waals surface area contributed by atoms with Crippen LogP contribution < -0.4 is 5.32 Å². The van der Waals surface area contributed by atoms with Crippen LogP contribution in [0.25, 0.3) is 0 Å². The van der Waals surface area contributed by atoms with Crippen molar-refractivity contribution in [1.29, 1.82) is 0 Å². The predicted molar refractivity (Wildman–Crippen MR) is 131 cm³/mol. The number of hydrogen-bond acceptors (Lipinski definition) is 6. The molecule has 1 aromatic rings. The first kappa shape index (κ1) is 24.6. The van der Waals surface area contributed by atoms with Crippen molar-refractivity contribution >= 4 is 17.8 Å². The van der Waals surface area contributed by atoms with Crippen LogP contribution in [0.5, 0.6) is 0 Å². The van der Waals surface area contributed by atoms with Crippen LogP contribution in [0.3, 0.4) is 0 Å². The minimum atomic E-state index is -1.36. The zero-order valence-corrected chi connectivity index (χ0v) is 20.9. The van der Waals surface area contributed by atoms with E-state index in [1.807, 2.05) is 0 Å².